The summed E-state index contributed by atoms with van der Waals surface area (Å²) in [4.78, 5) is 7.16. The Bertz CT molecular complexity index is 963. The van der Waals surface area contributed by atoms with Gasteiger partial charge in [0.2, 0.25) is 0 Å². The molecule has 2 heterocycles. The van der Waals surface area contributed by atoms with Gasteiger partial charge in [-0.25, -0.2) is 0 Å². The Labute approximate surface area is 142 Å². The average molecular weight is 322 g/mol. The van der Waals surface area contributed by atoms with Gasteiger partial charge in [-0.15, -0.1) is 0 Å². The summed E-state index contributed by atoms with van der Waals surface area (Å²) >= 11 is 0. The van der Waals surface area contributed by atoms with Crippen LogP contribution in [0.2, 0.25) is 0 Å². The van der Waals surface area contributed by atoms with Crippen LogP contribution in [-0.4, -0.2) is 32.8 Å². The molecule has 124 valence electrons. The van der Waals surface area contributed by atoms with Gasteiger partial charge in [-0.1, -0.05) is 26.0 Å². The van der Waals surface area contributed by atoms with E-state index in [-0.39, 0.29) is 5.41 Å². The first kappa shape index (κ1) is 15.1. The van der Waals surface area contributed by atoms with Crippen molar-refractivity contribution in [2.45, 2.75) is 19.3 Å². The van der Waals surface area contributed by atoms with Crippen molar-refractivity contribution in [3.8, 4) is 11.5 Å². The largest absolute Gasteiger partial charge is 0.493 e. The zero-order chi connectivity index (χ0) is 17.1. The van der Waals surface area contributed by atoms with E-state index in [4.69, 9.17) is 14.5 Å². The summed E-state index contributed by atoms with van der Waals surface area (Å²) < 4.78 is 10.9. The van der Waals surface area contributed by atoms with Crippen LogP contribution in [0.15, 0.2) is 30.5 Å². The van der Waals surface area contributed by atoms with Gasteiger partial charge in [-0.05, 0) is 17.5 Å². The molecule has 1 aliphatic heterocycles. The van der Waals surface area contributed by atoms with Crippen LogP contribution in [-0.2, 0) is 5.41 Å². The van der Waals surface area contributed by atoms with E-state index in [1.54, 1.807) is 14.2 Å². The van der Waals surface area contributed by atoms with Gasteiger partial charge in [0.05, 0.1) is 25.4 Å². The van der Waals surface area contributed by atoms with Gasteiger partial charge in [-0.2, -0.15) is 0 Å². The first-order chi connectivity index (χ1) is 11.5. The maximum absolute atomic E-state index is 5.48. The Morgan fingerprint density at radius 2 is 1.75 bits per heavy atom. The fraction of sp³-hybridized carbons (Fsp3) is 0.350. The van der Waals surface area contributed by atoms with Crippen LogP contribution >= 0.6 is 0 Å². The Morgan fingerprint density at radius 1 is 1.04 bits per heavy atom. The summed E-state index contributed by atoms with van der Waals surface area (Å²) in [5.41, 5.74) is 3.74. The lowest BCUT2D eigenvalue weighted by molar-refractivity contribution is 0.356. The van der Waals surface area contributed by atoms with Crippen molar-refractivity contribution in [2.75, 3.05) is 32.7 Å². The smallest absolute Gasteiger partial charge is 0.161 e. The van der Waals surface area contributed by atoms with Gasteiger partial charge >= 0.3 is 0 Å². The lowest BCUT2D eigenvalue weighted by Crippen LogP contribution is -2.25. The molecule has 4 nitrogen and oxygen atoms in total. The normalized spacial score (nSPS) is 15.8. The van der Waals surface area contributed by atoms with Crippen LogP contribution in [0.5, 0.6) is 11.5 Å². The summed E-state index contributed by atoms with van der Waals surface area (Å²) in [5, 5.41) is 3.39. The fourth-order valence-corrected chi connectivity index (χ4v) is 3.96. The quantitative estimate of drug-likeness (QED) is 0.664. The summed E-state index contributed by atoms with van der Waals surface area (Å²) in [7, 11) is 5.48. The number of nitrogens with zero attached hydrogens (tertiary/aromatic N) is 2. The molecule has 0 N–H and O–H groups in total. The minimum Gasteiger partial charge on any atom is -0.493 e. The highest BCUT2D eigenvalue weighted by Crippen LogP contribution is 2.45. The molecule has 0 saturated heterocycles. The van der Waals surface area contributed by atoms with Gasteiger partial charge in [-0.3, -0.25) is 4.98 Å². The van der Waals surface area contributed by atoms with Gasteiger partial charge in [0.1, 0.15) is 0 Å². The molecule has 0 bridgehead atoms. The second-order valence-electron chi connectivity index (χ2n) is 7.15. The molecular weight excluding hydrogens is 300 g/mol. The van der Waals surface area contributed by atoms with Crippen molar-refractivity contribution in [1.82, 2.24) is 4.98 Å². The number of benzene rings is 2. The maximum Gasteiger partial charge on any atom is 0.161 e. The Kier molecular flexibility index (Phi) is 3.14. The number of rotatable bonds is 2. The summed E-state index contributed by atoms with van der Waals surface area (Å²) in [5.74, 6) is 1.47. The topological polar surface area (TPSA) is 34.6 Å². The highest BCUT2D eigenvalue weighted by molar-refractivity contribution is 6.11. The second-order valence-corrected chi connectivity index (χ2v) is 7.15. The number of methoxy groups -OCH3 is 2. The standard InChI is InChI=1S/C20H22N2O2/c1-20(2)11-22(3)19-13-7-6-12-8-16(23-4)17(24-5)9-14(12)18(13)21-10-15(19)20/h6-10H,11H2,1-5H3. The zero-order valence-corrected chi connectivity index (χ0v) is 14.8. The lowest BCUT2D eigenvalue weighted by Gasteiger charge is -2.17. The van der Waals surface area contributed by atoms with E-state index in [0.29, 0.717) is 0 Å². The molecular formula is C20H22N2O2. The Morgan fingerprint density at radius 3 is 2.46 bits per heavy atom. The number of ether oxygens (including phenoxy) is 2. The number of hydrogen-bond acceptors (Lipinski definition) is 4. The number of anilines is 1. The highest BCUT2D eigenvalue weighted by Gasteiger charge is 2.35. The molecule has 24 heavy (non-hydrogen) atoms. The zero-order valence-electron chi connectivity index (χ0n) is 14.8. The molecule has 1 aromatic heterocycles. The highest BCUT2D eigenvalue weighted by atomic mass is 16.5. The molecule has 1 aliphatic rings. The number of likely N-dealkylation sites (N-methyl/N-ethyl adjacent to an activating group) is 1. The van der Waals surface area contributed by atoms with Gasteiger partial charge in [0.15, 0.2) is 11.5 Å². The molecule has 0 atom stereocenters. The number of pyridine rings is 1. The second kappa shape index (κ2) is 5.00. The molecule has 0 spiro atoms. The molecule has 0 unspecified atom stereocenters. The van der Waals surface area contributed by atoms with Crippen molar-refractivity contribution < 1.29 is 9.47 Å². The minimum absolute atomic E-state index is 0.123. The SMILES string of the molecule is COc1cc2ccc3c4c(cnc3c2cc1OC)C(C)(C)CN4C. The van der Waals surface area contributed by atoms with E-state index < -0.39 is 0 Å². The van der Waals surface area contributed by atoms with Gasteiger partial charge in [0.25, 0.3) is 0 Å². The molecule has 3 aromatic rings. The molecule has 0 fully saturated rings. The third kappa shape index (κ3) is 1.95. The van der Waals surface area contributed by atoms with E-state index in [0.717, 1.165) is 34.3 Å². The third-order valence-electron chi connectivity index (χ3n) is 5.07. The summed E-state index contributed by atoms with van der Waals surface area (Å²) in [6, 6.07) is 8.35. The Balaban J connectivity index is 2.09. The van der Waals surface area contributed by atoms with E-state index in [1.807, 2.05) is 18.3 Å². The molecule has 4 rings (SSSR count). The summed E-state index contributed by atoms with van der Waals surface area (Å²) in [6.07, 6.45) is 2.04. The molecule has 0 radical (unpaired) electrons. The minimum atomic E-state index is 0.123. The monoisotopic (exact) mass is 322 g/mol. The first-order valence-electron chi connectivity index (χ1n) is 8.15. The Hall–Kier alpha value is -2.49. The van der Waals surface area contributed by atoms with Crippen molar-refractivity contribution in [2.24, 2.45) is 0 Å². The van der Waals surface area contributed by atoms with Crippen LogP contribution in [0.1, 0.15) is 19.4 Å². The average Bonchev–Trinajstić information content (AvgIpc) is 2.82. The van der Waals surface area contributed by atoms with Crippen LogP contribution in [0, 0.1) is 0 Å². The number of aromatic nitrogens is 1. The predicted molar refractivity (Wildman–Crippen MR) is 98.6 cm³/mol. The molecule has 2 aromatic carbocycles. The van der Waals surface area contributed by atoms with Crippen LogP contribution in [0.3, 0.4) is 0 Å². The molecule has 0 amide bonds. The van der Waals surface area contributed by atoms with Crippen molar-refractivity contribution >= 4 is 27.4 Å². The molecule has 0 aliphatic carbocycles. The van der Waals surface area contributed by atoms with Crippen molar-refractivity contribution in [3.63, 3.8) is 0 Å². The van der Waals surface area contributed by atoms with Crippen LogP contribution < -0.4 is 14.4 Å². The third-order valence-corrected chi connectivity index (χ3v) is 5.07. The molecule has 4 heteroatoms. The van der Waals surface area contributed by atoms with E-state index in [1.165, 1.54) is 16.6 Å². The number of fused-ring (bicyclic) bond motifs is 5. The first-order valence-corrected chi connectivity index (χ1v) is 8.15. The molecule has 0 saturated carbocycles. The lowest BCUT2D eigenvalue weighted by atomic mass is 9.87. The van der Waals surface area contributed by atoms with E-state index in [9.17, 15) is 0 Å². The van der Waals surface area contributed by atoms with E-state index in [2.05, 4.69) is 37.9 Å². The van der Waals surface area contributed by atoms with Crippen LogP contribution in [0.25, 0.3) is 21.7 Å². The maximum atomic E-state index is 5.48. The number of hydrogen-bond donors (Lipinski definition) is 0. The van der Waals surface area contributed by atoms with Crippen molar-refractivity contribution in [1.29, 1.82) is 0 Å². The van der Waals surface area contributed by atoms with Gasteiger partial charge in [0, 0.05) is 41.5 Å². The van der Waals surface area contributed by atoms with E-state index >= 15 is 0 Å². The van der Waals surface area contributed by atoms with Crippen molar-refractivity contribution in [3.05, 3.63) is 36.0 Å². The van der Waals surface area contributed by atoms with Crippen LogP contribution in [0.4, 0.5) is 5.69 Å². The van der Waals surface area contributed by atoms with Gasteiger partial charge < -0.3 is 14.4 Å². The predicted octanol–water partition coefficient (Wildman–Crippen LogP) is 4.13. The fourth-order valence-electron chi connectivity index (χ4n) is 3.96. The summed E-state index contributed by atoms with van der Waals surface area (Å²) in [6.45, 7) is 5.56.